The topological polar surface area (TPSA) is 58.1 Å². The molecule has 1 unspecified atom stereocenters. The first-order chi connectivity index (χ1) is 14.5. The lowest BCUT2D eigenvalue weighted by Gasteiger charge is -2.32. The summed E-state index contributed by atoms with van der Waals surface area (Å²) in [5.41, 5.74) is 2.18. The van der Waals surface area contributed by atoms with Crippen LogP contribution in [0.3, 0.4) is 0 Å². The van der Waals surface area contributed by atoms with Crippen molar-refractivity contribution in [1.82, 2.24) is 10.2 Å². The molecule has 1 aromatic heterocycles. The molecule has 0 aliphatic carbocycles. The van der Waals surface area contributed by atoms with E-state index in [4.69, 9.17) is 23.2 Å². The zero-order valence-corrected chi connectivity index (χ0v) is 17.5. The van der Waals surface area contributed by atoms with E-state index in [0.717, 1.165) is 36.5 Å². The highest BCUT2D eigenvalue weighted by atomic mass is 35.5. The Morgan fingerprint density at radius 1 is 1.07 bits per heavy atom. The molecule has 1 aliphatic heterocycles. The van der Waals surface area contributed by atoms with Crippen molar-refractivity contribution in [3.63, 3.8) is 0 Å². The highest BCUT2D eigenvalue weighted by molar-refractivity contribution is 6.31. The van der Waals surface area contributed by atoms with E-state index in [1.54, 1.807) is 0 Å². The number of carbonyl (C=O) groups excluding carboxylic acids is 1. The maximum Gasteiger partial charge on any atom is 0.229 e. The van der Waals surface area contributed by atoms with Crippen LogP contribution in [-0.2, 0) is 4.79 Å². The number of hydrogen-bond donors (Lipinski definition) is 1. The fourth-order valence-electron chi connectivity index (χ4n) is 3.49. The molecule has 154 valence electrons. The molecule has 0 spiro atoms. The van der Waals surface area contributed by atoms with Gasteiger partial charge in [-0.3, -0.25) is 4.79 Å². The van der Waals surface area contributed by atoms with Crippen LogP contribution in [0.2, 0.25) is 10.0 Å². The number of piperidine rings is 1. The van der Waals surface area contributed by atoms with Crippen molar-refractivity contribution in [3.8, 4) is 11.3 Å². The number of halogens is 3. The molecule has 4 rings (SSSR count). The third kappa shape index (κ3) is 4.71. The van der Waals surface area contributed by atoms with Gasteiger partial charge in [-0.2, -0.15) is 0 Å². The van der Waals surface area contributed by atoms with Gasteiger partial charge in [0.2, 0.25) is 5.91 Å². The summed E-state index contributed by atoms with van der Waals surface area (Å²) in [4.78, 5) is 14.7. The van der Waals surface area contributed by atoms with Gasteiger partial charge in [0.05, 0.1) is 16.6 Å². The Kier molecular flexibility index (Phi) is 6.16. The number of anilines is 2. The molecule has 1 fully saturated rings. The summed E-state index contributed by atoms with van der Waals surface area (Å²) in [5, 5.41) is 12.2. The Bertz CT molecular complexity index is 1040. The van der Waals surface area contributed by atoms with Gasteiger partial charge in [-0.1, -0.05) is 35.3 Å². The maximum absolute atomic E-state index is 13.3. The highest BCUT2D eigenvalue weighted by Gasteiger charge is 2.27. The minimum atomic E-state index is -0.515. The van der Waals surface area contributed by atoms with E-state index in [9.17, 15) is 9.18 Å². The van der Waals surface area contributed by atoms with Gasteiger partial charge in [0.25, 0.3) is 0 Å². The summed E-state index contributed by atoms with van der Waals surface area (Å²) in [6.45, 7) is 1.34. The Morgan fingerprint density at radius 2 is 1.87 bits per heavy atom. The van der Waals surface area contributed by atoms with Crippen molar-refractivity contribution in [2.24, 2.45) is 5.92 Å². The number of nitrogens with zero attached hydrogens (tertiary/aromatic N) is 3. The largest absolute Gasteiger partial charge is 0.354 e. The molecule has 30 heavy (non-hydrogen) atoms. The monoisotopic (exact) mass is 444 g/mol. The summed E-state index contributed by atoms with van der Waals surface area (Å²) < 4.78 is 13.3. The molecule has 8 heteroatoms. The van der Waals surface area contributed by atoms with Gasteiger partial charge in [-0.05, 0) is 55.3 Å². The van der Waals surface area contributed by atoms with Crippen molar-refractivity contribution < 1.29 is 9.18 Å². The van der Waals surface area contributed by atoms with E-state index < -0.39 is 5.82 Å². The molecule has 3 aromatic rings. The van der Waals surface area contributed by atoms with Crippen LogP contribution in [0.1, 0.15) is 12.8 Å². The average Bonchev–Trinajstić information content (AvgIpc) is 2.77. The number of amides is 1. The molecule has 0 bridgehead atoms. The maximum atomic E-state index is 13.3. The van der Waals surface area contributed by atoms with Crippen molar-refractivity contribution in [1.29, 1.82) is 0 Å². The summed E-state index contributed by atoms with van der Waals surface area (Å²) >= 11 is 11.7. The number of nitrogens with one attached hydrogen (secondary N) is 1. The number of benzene rings is 2. The first kappa shape index (κ1) is 20.6. The summed E-state index contributed by atoms with van der Waals surface area (Å²) in [6, 6.07) is 15.4. The molecule has 5 nitrogen and oxygen atoms in total. The van der Waals surface area contributed by atoms with Crippen molar-refractivity contribution in [3.05, 3.63) is 70.5 Å². The SMILES string of the molecule is O=C(Nc1ccc(F)c(Cl)c1)C1CCCN(c2ccc(-c3ccc(Cl)cc3)nn2)C1. The Balaban J connectivity index is 1.42. The van der Waals surface area contributed by atoms with E-state index in [2.05, 4.69) is 20.4 Å². The Labute approximate surface area is 183 Å². The third-order valence-electron chi connectivity index (χ3n) is 5.09. The van der Waals surface area contributed by atoms with Gasteiger partial charge in [-0.25, -0.2) is 4.39 Å². The minimum Gasteiger partial charge on any atom is -0.354 e. The molecule has 1 aliphatic rings. The fraction of sp³-hybridized carbons (Fsp3) is 0.227. The first-order valence-electron chi connectivity index (χ1n) is 9.60. The zero-order chi connectivity index (χ0) is 21.1. The summed E-state index contributed by atoms with van der Waals surface area (Å²) in [7, 11) is 0. The van der Waals surface area contributed by atoms with Crippen LogP contribution < -0.4 is 10.2 Å². The third-order valence-corrected chi connectivity index (χ3v) is 5.64. The molecule has 1 amide bonds. The number of hydrogen-bond acceptors (Lipinski definition) is 4. The molecular formula is C22H19Cl2FN4O. The zero-order valence-electron chi connectivity index (χ0n) is 16.0. The van der Waals surface area contributed by atoms with Crippen molar-refractivity contribution in [2.45, 2.75) is 12.8 Å². The second-order valence-electron chi connectivity index (χ2n) is 7.19. The fourth-order valence-corrected chi connectivity index (χ4v) is 3.79. The smallest absolute Gasteiger partial charge is 0.229 e. The van der Waals surface area contributed by atoms with E-state index in [1.807, 2.05) is 36.4 Å². The lowest BCUT2D eigenvalue weighted by molar-refractivity contribution is -0.120. The van der Waals surface area contributed by atoms with Gasteiger partial charge in [-0.15, -0.1) is 10.2 Å². The van der Waals surface area contributed by atoms with Crippen LogP contribution in [0.5, 0.6) is 0 Å². The van der Waals surface area contributed by atoms with E-state index in [1.165, 1.54) is 18.2 Å². The average molecular weight is 445 g/mol. The molecule has 1 atom stereocenters. The van der Waals surface area contributed by atoms with Crippen LogP contribution >= 0.6 is 23.2 Å². The molecular weight excluding hydrogens is 426 g/mol. The van der Waals surface area contributed by atoms with Crippen LogP contribution in [0.4, 0.5) is 15.9 Å². The highest BCUT2D eigenvalue weighted by Crippen LogP contribution is 2.26. The van der Waals surface area contributed by atoms with Crippen molar-refractivity contribution >= 4 is 40.6 Å². The first-order valence-corrected chi connectivity index (χ1v) is 10.4. The molecule has 2 aromatic carbocycles. The summed E-state index contributed by atoms with van der Waals surface area (Å²) in [5.74, 6) is -0.109. The predicted octanol–water partition coefficient (Wildman–Crippen LogP) is 5.44. The second-order valence-corrected chi connectivity index (χ2v) is 8.03. The molecule has 1 saturated heterocycles. The quantitative estimate of drug-likeness (QED) is 0.581. The van der Waals surface area contributed by atoms with Gasteiger partial charge >= 0.3 is 0 Å². The van der Waals surface area contributed by atoms with Crippen LogP contribution in [0.25, 0.3) is 11.3 Å². The van der Waals surface area contributed by atoms with E-state index in [0.29, 0.717) is 17.3 Å². The molecule has 0 radical (unpaired) electrons. The van der Waals surface area contributed by atoms with Gasteiger partial charge in [0, 0.05) is 29.4 Å². The van der Waals surface area contributed by atoms with E-state index >= 15 is 0 Å². The van der Waals surface area contributed by atoms with Crippen LogP contribution in [0.15, 0.2) is 54.6 Å². The number of rotatable bonds is 4. The molecule has 2 heterocycles. The standard InChI is InChI=1S/C22H19Cl2FN4O/c23-16-5-3-14(4-6-16)20-9-10-21(28-27-20)29-11-1-2-15(13-29)22(30)26-17-7-8-19(25)18(24)12-17/h3-10,12,15H,1-2,11,13H2,(H,26,30). The van der Waals surface area contributed by atoms with Crippen LogP contribution in [-0.4, -0.2) is 29.2 Å². The van der Waals surface area contributed by atoms with Gasteiger partial charge in [0.1, 0.15) is 5.82 Å². The summed E-state index contributed by atoms with van der Waals surface area (Å²) in [6.07, 6.45) is 1.64. The molecule has 1 N–H and O–H groups in total. The second kappa shape index (κ2) is 8.98. The lowest BCUT2D eigenvalue weighted by Crippen LogP contribution is -2.41. The van der Waals surface area contributed by atoms with Crippen molar-refractivity contribution in [2.75, 3.05) is 23.3 Å². The molecule has 0 saturated carbocycles. The van der Waals surface area contributed by atoms with E-state index in [-0.39, 0.29) is 16.8 Å². The number of aromatic nitrogens is 2. The van der Waals surface area contributed by atoms with Gasteiger partial charge < -0.3 is 10.2 Å². The predicted molar refractivity (Wildman–Crippen MR) is 117 cm³/mol. The number of carbonyl (C=O) groups is 1. The minimum absolute atomic E-state index is 0.0193. The Morgan fingerprint density at radius 3 is 2.57 bits per heavy atom. The van der Waals surface area contributed by atoms with Gasteiger partial charge in [0.15, 0.2) is 5.82 Å². The Hall–Kier alpha value is -2.70. The normalized spacial score (nSPS) is 16.4. The lowest BCUT2D eigenvalue weighted by atomic mass is 9.97. The van der Waals surface area contributed by atoms with Crippen LogP contribution in [0, 0.1) is 11.7 Å².